The van der Waals surface area contributed by atoms with Crippen LogP contribution in [-0.2, 0) is 0 Å². The van der Waals surface area contributed by atoms with Crippen LogP contribution in [0.4, 0.5) is 5.69 Å². The minimum Gasteiger partial charge on any atom is -0.368 e. The molecule has 3 heteroatoms. The summed E-state index contributed by atoms with van der Waals surface area (Å²) >= 11 is 0. The zero-order chi connectivity index (χ0) is 14.1. The zero-order valence-electron chi connectivity index (χ0n) is 12.5. The van der Waals surface area contributed by atoms with Crippen molar-refractivity contribution in [1.29, 1.82) is 0 Å². The van der Waals surface area contributed by atoms with Gasteiger partial charge >= 0.3 is 0 Å². The van der Waals surface area contributed by atoms with E-state index in [0.29, 0.717) is 0 Å². The normalized spacial score (nSPS) is 19.8. The molecule has 1 saturated heterocycles. The molecule has 0 radical (unpaired) electrons. The van der Waals surface area contributed by atoms with E-state index in [4.69, 9.17) is 0 Å². The fourth-order valence-corrected chi connectivity index (χ4v) is 3.50. The number of benzene rings is 1. The summed E-state index contributed by atoms with van der Waals surface area (Å²) in [5.41, 5.74) is 2.51. The number of pyridine rings is 1. The van der Waals surface area contributed by atoms with E-state index >= 15 is 0 Å². The van der Waals surface area contributed by atoms with Gasteiger partial charge in [0.15, 0.2) is 0 Å². The lowest BCUT2D eigenvalue weighted by molar-refractivity contribution is 0.373. The fourth-order valence-electron chi connectivity index (χ4n) is 3.50. The number of hydrogen-bond donors (Lipinski definition) is 1. The van der Waals surface area contributed by atoms with Crippen LogP contribution < -0.4 is 10.2 Å². The largest absolute Gasteiger partial charge is 0.368 e. The molecule has 21 heavy (non-hydrogen) atoms. The van der Waals surface area contributed by atoms with Crippen molar-refractivity contribution in [2.45, 2.75) is 31.7 Å². The highest BCUT2D eigenvalue weighted by atomic mass is 15.2. The van der Waals surface area contributed by atoms with E-state index in [1.165, 1.54) is 56.4 Å². The molecule has 0 bridgehead atoms. The van der Waals surface area contributed by atoms with Gasteiger partial charge < -0.3 is 10.2 Å². The Bertz CT molecular complexity index is 609. The van der Waals surface area contributed by atoms with Crippen molar-refractivity contribution in [3.05, 3.63) is 36.5 Å². The van der Waals surface area contributed by atoms with Gasteiger partial charge in [-0.2, -0.15) is 0 Å². The van der Waals surface area contributed by atoms with Gasteiger partial charge in [-0.05, 0) is 56.8 Å². The third-order valence-corrected chi connectivity index (χ3v) is 4.84. The Morgan fingerprint density at radius 1 is 1.05 bits per heavy atom. The highest BCUT2D eigenvalue weighted by molar-refractivity contribution is 5.91. The maximum Gasteiger partial charge on any atom is 0.0722 e. The molecule has 1 aromatic heterocycles. The third kappa shape index (κ3) is 2.75. The molecule has 4 rings (SSSR count). The molecule has 1 aromatic carbocycles. The molecular formula is C18H23N3. The lowest BCUT2D eigenvalue weighted by Gasteiger charge is -2.32. The predicted octanol–water partition coefficient (Wildman–Crippen LogP) is 3.20. The first-order valence-electron chi connectivity index (χ1n) is 8.23. The Balaban J connectivity index is 1.65. The van der Waals surface area contributed by atoms with E-state index in [2.05, 4.69) is 45.5 Å². The van der Waals surface area contributed by atoms with Crippen LogP contribution in [-0.4, -0.2) is 30.7 Å². The van der Waals surface area contributed by atoms with E-state index in [-0.39, 0.29) is 0 Å². The molecule has 1 saturated carbocycles. The molecule has 2 aromatic rings. The van der Waals surface area contributed by atoms with Crippen LogP contribution >= 0.6 is 0 Å². The first-order chi connectivity index (χ1) is 10.4. The lowest BCUT2D eigenvalue weighted by Crippen LogP contribution is -2.37. The van der Waals surface area contributed by atoms with Crippen molar-refractivity contribution in [3.8, 4) is 0 Å². The molecular weight excluding hydrogens is 258 g/mol. The van der Waals surface area contributed by atoms with Gasteiger partial charge in [-0.25, -0.2) is 0 Å². The third-order valence-electron chi connectivity index (χ3n) is 4.84. The summed E-state index contributed by atoms with van der Waals surface area (Å²) in [6.07, 6.45) is 7.29. The Morgan fingerprint density at radius 2 is 1.86 bits per heavy atom. The number of fused-ring (bicyclic) bond motifs is 1. The number of aromatic nitrogens is 1. The van der Waals surface area contributed by atoms with Crippen LogP contribution in [0.5, 0.6) is 0 Å². The number of para-hydroxylation sites is 1. The highest BCUT2D eigenvalue weighted by Gasteiger charge is 2.32. The Labute approximate surface area is 126 Å². The van der Waals surface area contributed by atoms with Crippen molar-refractivity contribution >= 4 is 16.6 Å². The Morgan fingerprint density at radius 3 is 2.67 bits per heavy atom. The number of piperidine rings is 1. The van der Waals surface area contributed by atoms with Gasteiger partial charge in [-0.3, -0.25) is 4.98 Å². The molecule has 1 aliphatic heterocycles. The van der Waals surface area contributed by atoms with Gasteiger partial charge in [-0.15, -0.1) is 0 Å². The number of nitrogens with zero attached hydrogens (tertiary/aromatic N) is 2. The predicted molar refractivity (Wildman–Crippen MR) is 87.7 cm³/mol. The van der Waals surface area contributed by atoms with E-state index < -0.39 is 0 Å². The van der Waals surface area contributed by atoms with Crippen molar-refractivity contribution in [2.75, 3.05) is 24.5 Å². The summed E-state index contributed by atoms with van der Waals surface area (Å²) in [5, 5.41) is 4.78. The molecule has 0 spiro atoms. The lowest BCUT2D eigenvalue weighted by atomic mass is 9.97. The molecule has 0 atom stereocenters. The maximum atomic E-state index is 4.51. The number of hydrogen-bond acceptors (Lipinski definition) is 3. The summed E-state index contributed by atoms with van der Waals surface area (Å²) in [6, 6.07) is 11.5. The molecule has 2 heterocycles. The summed E-state index contributed by atoms with van der Waals surface area (Å²) in [7, 11) is 0. The SMILES string of the molecule is c1ccc2c(N(CC3CCNCC3)C3CC3)ccnc2c1. The van der Waals surface area contributed by atoms with E-state index in [1.807, 2.05) is 6.20 Å². The van der Waals surface area contributed by atoms with E-state index in [0.717, 1.165) is 17.5 Å². The Hall–Kier alpha value is -1.61. The molecule has 2 fully saturated rings. The smallest absolute Gasteiger partial charge is 0.0722 e. The zero-order valence-corrected chi connectivity index (χ0v) is 12.5. The van der Waals surface area contributed by atoms with Crippen molar-refractivity contribution in [2.24, 2.45) is 5.92 Å². The number of anilines is 1. The summed E-state index contributed by atoms with van der Waals surface area (Å²) < 4.78 is 0. The number of rotatable bonds is 4. The monoisotopic (exact) mass is 281 g/mol. The fraction of sp³-hybridized carbons (Fsp3) is 0.500. The number of nitrogens with one attached hydrogen (secondary N) is 1. The van der Waals surface area contributed by atoms with Crippen molar-refractivity contribution < 1.29 is 0 Å². The van der Waals surface area contributed by atoms with Crippen molar-refractivity contribution in [3.63, 3.8) is 0 Å². The topological polar surface area (TPSA) is 28.2 Å². The second-order valence-corrected chi connectivity index (χ2v) is 6.42. The van der Waals surface area contributed by atoms with Crippen LogP contribution in [0.25, 0.3) is 10.9 Å². The summed E-state index contributed by atoms with van der Waals surface area (Å²) in [5.74, 6) is 0.832. The van der Waals surface area contributed by atoms with Gasteiger partial charge in [0, 0.05) is 29.9 Å². The molecule has 2 aliphatic rings. The van der Waals surface area contributed by atoms with Crippen LogP contribution in [0.3, 0.4) is 0 Å². The molecule has 0 unspecified atom stereocenters. The second-order valence-electron chi connectivity index (χ2n) is 6.42. The first-order valence-corrected chi connectivity index (χ1v) is 8.23. The van der Waals surface area contributed by atoms with Crippen LogP contribution in [0.1, 0.15) is 25.7 Å². The van der Waals surface area contributed by atoms with Crippen LogP contribution in [0.15, 0.2) is 36.5 Å². The van der Waals surface area contributed by atoms with E-state index in [1.54, 1.807) is 0 Å². The second kappa shape index (κ2) is 5.64. The molecule has 1 aliphatic carbocycles. The van der Waals surface area contributed by atoms with Gasteiger partial charge in [0.2, 0.25) is 0 Å². The van der Waals surface area contributed by atoms with Gasteiger partial charge in [0.1, 0.15) is 0 Å². The molecule has 1 N–H and O–H groups in total. The highest BCUT2D eigenvalue weighted by Crippen LogP contribution is 2.36. The standard InChI is InChI=1S/C18H23N3/c1-2-4-17-16(3-1)18(9-12-20-17)21(15-5-6-15)13-14-7-10-19-11-8-14/h1-4,9,12,14-15,19H,5-8,10-11,13H2. The van der Waals surface area contributed by atoms with Crippen LogP contribution in [0.2, 0.25) is 0 Å². The minimum absolute atomic E-state index is 0.755. The van der Waals surface area contributed by atoms with E-state index in [9.17, 15) is 0 Å². The minimum atomic E-state index is 0.755. The molecule has 3 nitrogen and oxygen atoms in total. The maximum absolute atomic E-state index is 4.51. The Kier molecular flexibility index (Phi) is 3.52. The van der Waals surface area contributed by atoms with Gasteiger partial charge in [-0.1, -0.05) is 18.2 Å². The quantitative estimate of drug-likeness (QED) is 0.933. The first kappa shape index (κ1) is 13.1. The summed E-state index contributed by atoms with van der Waals surface area (Å²) in [4.78, 5) is 7.18. The van der Waals surface area contributed by atoms with Gasteiger partial charge in [0.05, 0.1) is 5.52 Å². The average molecular weight is 281 g/mol. The van der Waals surface area contributed by atoms with Crippen LogP contribution in [0, 0.1) is 5.92 Å². The average Bonchev–Trinajstić information content (AvgIpc) is 3.38. The molecule has 0 amide bonds. The van der Waals surface area contributed by atoms with Crippen molar-refractivity contribution in [1.82, 2.24) is 10.3 Å². The van der Waals surface area contributed by atoms with Gasteiger partial charge in [0.25, 0.3) is 0 Å². The summed E-state index contributed by atoms with van der Waals surface area (Å²) in [6.45, 7) is 3.57. The molecule has 110 valence electrons.